The van der Waals surface area contributed by atoms with Gasteiger partial charge < -0.3 is 9.52 Å². The van der Waals surface area contributed by atoms with Crippen molar-refractivity contribution in [2.75, 3.05) is 0 Å². The van der Waals surface area contributed by atoms with E-state index >= 15 is 0 Å². The van der Waals surface area contributed by atoms with Gasteiger partial charge in [0.05, 0.1) is 12.6 Å². The maximum atomic E-state index is 10.3. The van der Waals surface area contributed by atoms with Crippen LogP contribution in [-0.4, -0.2) is 16.1 Å². The highest BCUT2D eigenvalue weighted by atomic mass is 16.4. The second-order valence-electron chi connectivity index (χ2n) is 2.78. The zero-order valence-corrected chi connectivity index (χ0v) is 7.07. The molecule has 0 amide bonds. The fourth-order valence-electron chi connectivity index (χ4n) is 0.968. The molecule has 0 saturated carbocycles. The SMILES string of the molecule is Cc1ncc(C(C)CC(=O)O)o1. The lowest BCUT2D eigenvalue weighted by Gasteiger charge is -2.02. The number of carboxylic acids is 1. The molecule has 0 saturated heterocycles. The lowest BCUT2D eigenvalue weighted by atomic mass is 10.1. The van der Waals surface area contributed by atoms with Gasteiger partial charge in [-0.3, -0.25) is 4.79 Å². The molecule has 0 aliphatic heterocycles. The normalized spacial score (nSPS) is 12.8. The number of carboxylic acid groups (broad SMARTS) is 1. The van der Waals surface area contributed by atoms with E-state index in [0.29, 0.717) is 11.7 Å². The van der Waals surface area contributed by atoms with Gasteiger partial charge in [0.25, 0.3) is 0 Å². The van der Waals surface area contributed by atoms with Crippen LogP contribution in [0.4, 0.5) is 0 Å². The quantitative estimate of drug-likeness (QED) is 0.745. The van der Waals surface area contributed by atoms with Gasteiger partial charge in [-0.2, -0.15) is 0 Å². The monoisotopic (exact) mass is 169 g/mol. The minimum atomic E-state index is -0.823. The number of aryl methyl sites for hydroxylation is 1. The molecule has 0 aromatic carbocycles. The van der Waals surface area contributed by atoms with Gasteiger partial charge in [-0.15, -0.1) is 0 Å². The van der Waals surface area contributed by atoms with Crippen molar-refractivity contribution in [3.8, 4) is 0 Å². The molecule has 0 spiro atoms. The molecule has 4 nitrogen and oxygen atoms in total. The average Bonchev–Trinajstić information content (AvgIpc) is 2.34. The van der Waals surface area contributed by atoms with Crippen LogP contribution < -0.4 is 0 Å². The van der Waals surface area contributed by atoms with Gasteiger partial charge in [-0.25, -0.2) is 4.98 Å². The fourth-order valence-corrected chi connectivity index (χ4v) is 0.968. The summed E-state index contributed by atoms with van der Waals surface area (Å²) in [6.07, 6.45) is 1.65. The van der Waals surface area contributed by atoms with Crippen LogP contribution in [0.25, 0.3) is 0 Å². The number of aromatic nitrogens is 1. The molecule has 4 heteroatoms. The van der Waals surface area contributed by atoms with E-state index in [2.05, 4.69) is 4.98 Å². The van der Waals surface area contributed by atoms with Crippen LogP contribution >= 0.6 is 0 Å². The molecule has 1 N–H and O–H groups in total. The first-order chi connectivity index (χ1) is 5.59. The highest BCUT2D eigenvalue weighted by molar-refractivity contribution is 5.67. The van der Waals surface area contributed by atoms with Crippen LogP contribution in [0.5, 0.6) is 0 Å². The van der Waals surface area contributed by atoms with E-state index in [1.807, 2.05) is 0 Å². The summed E-state index contributed by atoms with van der Waals surface area (Å²) in [5.74, 6) is 0.275. The van der Waals surface area contributed by atoms with Crippen LogP contribution in [0, 0.1) is 6.92 Å². The van der Waals surface area contributed by atoms with Crippen molar-refractivity contribution in [3.05, 3.63) is 17.8 Å². The Bertz CT molecular complexity index is 280. The summed E-state index contributed by atoms with van der Waals surface area (Å²) >= 11 is 0. The molecule has 1 heterocycles. The second kappa shape index (κ2) is 3.38. The van der Waals surface area contributed by atoms with Crippen LogP contribution in [0.2, 0.25) is 0 Å². The van der Waals surface area contributed by atoms with E-state index in [0.717, 1.165) is 0 Å². The summed E-state index contributed by atoms with van der Waals surface area (Å²) in [7, 11) is 0. The third-order valence-corrected chi connectivity index (χ3v) is 1.61. The van der Waals surface area contributed by atoms with Crippen molar-refractivity contribution in [2.24, 2.45) is 0 Å². The van der Waals surface area contributed by atoms with Crippen molar-refractivity contribution >= 4 is 5.97 Å². The lowest BCUT2D eigenvalue weighted by Crippen LogP contribution is -2.01. The number of hydrogen-bond donors (Lipinski definition) is 1. The number of hydrogen-bond acceptors (Lipinski definition) is 3. The first-order valence-electron chi connectivity index (χ1n) is 3.73. The molecule has 0 fully saturated rings. The maximum absolute atomic E-state index is 10.3. The Morgan fingerprint density at radius 2 is 2.50 bits per heavy atom. The predicted molar refractivity (Wildman–Crippen MR) is 41.9 cm³/mol. The average molecular weight is 169 g/mol. The molecule has 1 aromatic heterocycles. The Balaban J connectivity index is 2.64. The van der Waals surface area contributed by atoms with Gasteiger partial charge in [-0.05, 0) is 0 Å². The summed E-state index contributed by atoms with van der Waals surface area (Å²) in [5, 5.41) is 8.49. The van der Waals surface area contributed by atoms with Crippen LogP contribution in [-0.2, 0) is 4.79 Å². The van der Waals surface area contributed by atoms with Crippen LogP contribution in [0.15, 0.2) is 10.6 Å². The molecular formula is C8H11NO3. The number of nitrogens with zero attached hydrogens (tertiary/aromatic N) is 1. The largest absolute Gasteiger partial charge is 0.481 e. The fraction of sp³-hybridized carbons (Fsp3) is 0.500. The summed E-state index contributed by atoms with van der Waals surface area (Å²) < 4.78 is 5.17. The van der Waals surface area contributed by atoms with E-state index < -0.39 is 5.97 Å². The van der Waals surface area contributed by atoms with Gasteiger partial charge >= 0.3 is 5.97 Å². The maximum Gasteiger partial charge on any atom is 0.304 e. The molecule has 0 bridgehead atoms. The highest BCUT2D eigenvalue weighted by Crippen LogP contribution is 2.19. The Hall–Kier alpha value is -1.32. The van der Waals surface area contributed by atoms with E-state index in [9.17, 15) is 4.79 Å². The van der Waals surface area contributed by atoms with Gasteiger partial charge in [0.15, 0.2) is 5.89 Å². The standard InChI is InChI=1S/C8H11NO3/c1-5(3-8(10)11)7-4-9-6(2)12-7/h4-5H,3H2,1-2H3,(H,10,11). The first-order valence-corrected chi connectivity index (χ1v) is 3.73. The molecule has 1 atom stereocenters. The number of oxazole rings is 1. The van der Waals surface area contributed by atoms with Gasteiger partial charge in [0.1, 0.15) is 5.76 Å². The van der Waals surface area contributed by atoms with Crippen molar-refractivity contribution in [2.45, 2.75) is 26.2 Å². The molecule has 12 heavy (non-hydrogen) atoms. The number of carbonyl (C=O) groups is 1. The molecule has 0 aliphatic carbocycles. The molecule has 1 unspecified atom stereocenters. The zero-order chi connectivity index (χ0) is 9.14. The van der Waals surface area contributed by atoms with E-state index in [-0.39, 0.29) is 12.3 Å². The lowest BCUT2D eigenvalue weighted by molar-refractivity contribution is -0.137. The highest BCUT2D eigenvalue weighted by Gasteiger charge is 2.13. The number of rotatable bonds is 3. The Morgan fingerprint density at radius 3 is 2.92 bits per heavy atom. The molecular weight excluding hydrogens is 158 g/mol. The third kappa shape index (κ3) is 2.08. The Morgan fingerprint density at radius 1 is 1.83 bits per heavy atom. The third-order valence-electron chi connectivity index (χ3n) is 1.61. The van der Waals surface area contributed by atoms with Crippen LogP contribution in [0.1, 0.15) is 30.9 Å². The summed E-state index contributed by atoms with van der Waals surface area (Å²) in [6.45, 7) is 3.53. The summed E-state index contributed by atoms with van der Waals surface area (Å²) in [4.78, 5) is 14.2. The molecule has 1 aromatic rings. The van der Waals surface area contributed by atoms with Crippen molar-refractivity contribution < 1.29 is 14.3 Å². The second-order valence-corrected chi connectivity index (χ2v) is 2.78. The van der Waals surface area contributed by atoms with Crippen LogP contribution in [0.3, 0.4) is 0 Å². The van der Waals surface area contributed by atoms with Crippen molar-refractivity contribution in [1.82, 2.24) is 4.98 Å². The minimum Gasteiger partial charge on any atom is -0.481 e. The van der Waals surface area contributed by atoms with Gasteiger partial charge in [-0.1, -0.05) is 6.92 Å². The Kier molecular flexibility index (Phi) is 2.47. The molecule has 1 rings (SSSR count). The van der Waals surface area contributed by atoms with Gasteiger partial charge in [0.2, 0.25) is 0 Å². The molecule has 66 valence electrons. The topological polar surface area (TPSA) is 63.3 Å². The smallest absolute Gasteiger partial charge is 0.304 e. The van der Waals surface area contributed by atoms with E-state index in [1.165, 1.54) is 0 Å². The molecule has 0 aliphatic rings. The summed E-state index contributed by atoms with van der Waals surface area (Å²) in [5.41, 5.74) is 0. The minimum absolute atomic E-state index is 0.0780. The first kappa shape index (κ1) is 8.77. The zero-order valence-electron chi connectivity index (χ0n) is 7.07. The number of aliphatic carboxylic acids is 1. The predicted octanol–water partition coefficient (Wildman–Crippen LogP) is 1.56. The summed E-state index contributed by atoms with van der Waals surface area (Å²) in [6, 6.07) is 0. The van der Waals surface area contributed by atoms with E-state index in [4.69, 9.17) is 9.52 Å². The van der Waals surface area contributed by atoms with Gasteiger partial charge in [0, 0.05) is 12.8 Å². The van der Waals surface area contributed by atoms with Crippen molar-refractivity contribution in [3.63, 3.8) is 0 Å². The Labute approximate surface area is 70.2 Å². The van der Waals surface area contributed by atoms with E-state index in [1.54, 1.807) is 20.0 Å². The van der Waals surface area contributed by atoms with Crippen molar-refractivity contribution in [1.29, 1.82) is 0 Å². The molecule has 0 radical (unpaired) electrons.